The van der Waals surface area contributed by atoms with Crippen LogP contribution in [0.15, 0.2) is 54.9 Å². The minimum atomic E-state index is 0.412. The minimum Gasteiger partial charge on any atom is -0.382 e. The molecule has 1 aromatic heterocycles. The summed E-state index contributed by atoms with van der Waals surface area (Å²) in [4.78, 5) is 11.8. The first-order valence-electron chi connectivity index (χ1n) is 12.0. The van der Waals surface area contributed by atoms with Crippen LogP contribution in [-0.4, -0.2) is 41.0 Å². The lowest BCUT2D eigenvalue weighted by Gasteiger charge is -2.30. The van der Waals surface area contributed by atoms with E-state index in [1.807, 2.05) is 12.3 Å². The van der Waals surface area contributed by atoms with Crippen LogP contribution in [0.4, 0.5) is 11.6 Å². The van der Waals surface area contributed by atoms with E-state index >= 15 is 0 Å². The molecule has 0 aliphatic heterocycles. The second-order valence-electron chi connectivity index (χ2n) is 9.53. The average Bonchev–Trinajstić information content (AvgIpc) is 3.62. The van der Waals surface area contributed by atoms with Gasteiger partial charge < -0.3 is 15.5 Å². The summed E-state index contributed by atoms with van der Waals surface area (Å²) in [5.74, 6) is 1.54. The highest BCUT2D eigenvalue weighted by Gasteiger charge is 2.26. The molecule has 170 valence electrons. The zero-order valence-electron chi connectivity index (χ0n) is 19.8. The fourth-order valence-electron chi connectivity index (χ4n) is 4.60. The van der Waals surface area contributed by atoms with Gasteiger partial charge >= 0.3 is 0 Å². The second kappa shape index (κ2) is 10.2. The molecule has 0 radical (unpaired) electrons. The molecule has 2 saturated carbocycles. The first-order valence-corrected chi connectivity index (χ1v) is 12.0. The van der Waals surface area contributed by atoms with E-state index in [0.29, 0.717) is 12.1 Å². The first kappa shape index (κ1) is 22.4. The fraction of sp³-hybridized carbons (Fsp3) is 0.481. The highest BCUT2D eigenvalue weighted by atomic mass is 15.1. The number of nitrogens with zero attached hydrogens (tertiary/aromatic N) is 3. The van der Waals surface area contributed by atoms with Crippen molar-refractivity contribution in [2.24, 2.45) is 5.92 Å². The van der Waals surface area contributed by atoms with Gasteiger partial charge in [-0.1, -0.05) is 30.9 Å². The molecule has 2 aromatic rings. The maximum atomic E-state index is 4.96. The number of nitrogens with one attached hydrogen (secondary N) is 2. The zero-order valence-corrected chi connectivity index (χ0v) is 19.8. The number of para-hydroxylation sites is 1. The van der Waals surface area contributed by atoms with Gasteiger partial charge in [0, 0.05) is 49.3 Å². The Labute approximate surface area is 193 Å². The number of benzene rings is 1. The fourth-order valence-corrected chi connectivity index (χ4v) is 4.60. The van der Waals surface area contributed by atoms with E-state index < -0.39 is 0 Å². The van der Waals surface area contributed by atoms with Crippen molar-refractivity contribution in [3.63, 3.8) is 0 Å². The molecule has 0 atom stereocenters. The Bertz CT molecular complexity index is 938. The SMILES string of the molecule is C=C/C(=C(/CC1CC1)N(C)C)c1nc(NC2CCC(Nc3ccccc3)CC2)ncc1C. The summed E-state index contributed by atoms with van der Waals surface area (Å²) in [6.45, 7) is 6.22. The normalized spacial score (nSPS) is 21.5. The molecule has 5 heteroatoms. The quantitative estimate of drug-likeness (QED) is 0.486. The van der Waals surface area contributed by atoms with Gasteiger partial charge in [-0.2, -0.15) is 0 Å². The predicted octanol–water partition coefficient (Wildman–Crippen LogP) is 5.88. The summed E-state index contributed by atoms with van der Waals surface area (Å²) in [7, 11) is 4.25. The summed E-state index contributed by atoms with van der Waals surface area (Å²) >= 11 is 0. The van der Waals surface area contributed by atoms with Crippen LogP contribution in [0, 0.1) is 12.8 Å². The van der Waals surface area contributed by atoms with E-state index in [0.717, 1.165) is 60.8 Å². The number of aromatic nitrogens is 2. The molecule has 2 fully saturated rings. The van der Waals surface area contributed by atoms with Gasteiger partial charge in [0.25, 0.3) is 0 Å². The maximum absolute atomic E-state index is 4.96. The van der Waals surface area contributed by atoms with Crippen molar-refractivity contribution in [3.8, 4) is 0 Å². The molecule has 1 aromatic carbocycles. The van der Waals surface area contributed by atoms with E-state index in [2.05, 4.69) is 78.4 Å². The number of allylic oxidation sites excluding steroid dienone is 3. The Kier molecular flexibility index (Phi) is 7.13. The van der Waals surface area contributed by atoms with Crippen molar-refractivity contribution in [2.45, 2.75) is 64.0 Å². The molecule has 0 bridgehead atoms. The topological polar surface area (TPSA) is 53.1 Å². The lowest BCUT2D eigenvalue weighted by Crippen LogP contribution is -2.32. The zero-order chi connectivity index (χ0) is 22.5. The van der Waals surface area contributed by atoms with Crippen molar-refractivity contribution in [1.29, 1.82) is 0 Å². The molecule has 2 N–H and O–H groups in total. The molecule has 0 amide bonds. The molecule has 5 nitrogen and oxygen atoms in total. The maximum Gasteiger partial charge on any atom is 0.223 e. The van der Waals surface area contributed by atoms with Crippen LogP contribution in [0.5, 0.6) is 0 Å². The minimum absolute atomic E-state index is 0.412. The number of aryl methyl sites for hydroxylation is 1. The Balaban J connectivity index is 1.43. The first-order chi connectivity index (χ1) is 15.5. The summed E-state index contributed by atoms with van der Waals surface area (Å²) in [5.41, 5.74) is 5.77. The molecule has 2 aliphatic rings. The summed E-state index contributed by atoms with van der Waals surface area (Å²) in [6.07, 6.45) is 12.2. The Morgan fingerprint density at radius 3 is 2.28 bits per heavy atom. The van der Waals surface area contributed by atoms with Gasteiger partial charge in [0.05, 0.1) is 5.69 Å². The van der Waals surface area contributed by atoms with Gasteiger partial charge in [0.1, 0.15) is 0 Å². The van der Waals surface area contributed by atoms with Crippen molar-refractivity contribution in [3.05, 3.63) is 66.1 Å². The average molecular weight is 432 g/mol. The smallest absolute Gasteiger partial charge is 0.223 e. The van der Waals surface area contributed by atoms with Gasteiger partial charge in [-0.15, -0.1) is 0 Å². The molecule has 0 saturated heterocycles. The molecule has 0 unspecified atom stereocenters. The van der Waals surface area contributed by atoms with Gasteiger partial charge in [0.15, 0.2) is 0 Å². The van der Waals surface area contributed by atoms with Gasteiger partial charge in [-0.25, -0.2) is 9.97 Å². The highest BCUT2D eigenvalue weighted by molar-refractivity contribution is 5.76. The summed E-state index contributed by atoms with van der Waals surface area (Å²) in [6, 6.07) is 11.5. The van der Waals surface area contributed by atoms with Crippen LogP contribution in [-0.2, 0) is 0 Å². The van der Waals surface area contributed by atoms with Gasteiger partial charge in [0.2, 0.25) is 5.95 Å². The van der Waals surface area contributed by atoms with Gasteiger partial charge in [-0.3, -0.25) is 0 Å². The highest BCUT2D eigenvalue weighted by Crippen LogP contribution is 2.38. The molecule has 2 aliphatic carbocycles. The van der Waals surface area contributed by atoms with Crippen LogP contribution in [0.1, 0.15) is 56.2 Å². The molecular weight excluding hydrogens is 394 g/mol. The molecule has 1 heterocycles. The lowest BCUT2D eigenvalue weighted by atomic mass is 9.91. The van der Waals surface area contributed by atoms with E-state index in [4.69, 9.17) is 4.98 Å². The van der Waals surface area contributed by atoms with Crippen molar-refractivity contribution in [2.75, 3.05) is 24.7 Å². The third-order valence-electron chi connectivity index (χ3n) is 6.67. The Morgan fingerprint density at radius 1 is 1.03 bits per heavy atom. The van der Waals surface area contributed by atoms with Crippen molar-refractivity contribution < 1.29 is 0 Å². The number of anilines is 2. The molecule has 32 heavy (non-hydrogen) atoms. The Morgan fingerprint density at radius 2 is 1.69 bits per heavy atom. The third-order valence-corrected chi connectivity index (χ3v) is 6.67. The van der Waals surface area contributed by atoms with E-state index in [1.165, 1.54) is 24.2 Å². The molecular formula is C27H37N5. The lowest BCUT2D eigenvalue weighted by molar-refractivity contribution is 0.427. The van der Waals surface area contributed by atoms with Crippen LogP contribution in [0.3, 0.4) is 0 Å². The number of hydrogen-bond acceptors (Lipinski definition) is 5. The molecule has 0 spiro atoms. The standard InChI is InChI=1S/C27H37N5/c1-5-24(25(32(3)4)17-20-11-12-20)26-19(2)18-28-27(31-26)30-23-15-13-22(14-16-23)29-21-9-7-6-8-10-21/h5-10,18,20,22-23,29H,1,11-17H2,2-4H3,(H,28,30,31)/b25-24+. The summed E-state index contributed by atoms with van der Waals surface area (Å²) < 4.78 is 0. The predicted molar refractivity (Wildman–Crippen MR) is 135 cm³/mol. The van der Waals surface area contributed by atoms with E-state index in [1.54, 1.807) is 0 Å². The van der Waals surface area contributed by atoms with Gasteiger partial charge in [-0.05, 0) is 75.5 Å². The van der Waals surface area contributed by atoms with Crippen LogP contribution in [0.25, 0.3) is 5.57 Å². The molecule has 4 rings (SSSR count). The summed E-state index contributed by atoms with van der Waals surface area (Å²) in [5, 5.41) is 7.28. The third kappa shape index (κ3) is 5.70. The van der Waals surface area contributed by atoms with Crippen molar-refractivity contribution in [1.82, 2.24) is 14.9 Å². The monoisotopic (exact) mass is 431 g/mol. The van der Waals surface area contributed by atoms with Crippen molar-refractivity contribution >= 4 is 17.2 Å². The second-order valence-corrected chi connectivity index (χ2v) is 9.53. The van der Waals surface area contributed by atoms with Crippen LogP contribution < -0.4 is 10.6 Å². The number of hydrogen-bond donors (Lipinski definition) is 2. The van der Waals surface area contributed by atoms with Crippen LogP contribution >= 0.6 is 0 Å². The number of rotatable bonds is 9. The van der Waals surface area contributed by atoms with E-state index in [-0.39, 0.29) is 0 Å². The van der Waals surface area contributed by atoms with Crippen LogP contribution in [0.2, 0.25) is 0 Å². The van der Waals surface area contributed by atoms with E-state index in [9.17, 15) is 0 Å². The largest absolute Gasteiger partial charge is 0.382 e. The Hall–Kier alpha value is -2.82.